The molecule has 2 aromatic rings. The van der Waals surface area contributed by atoms with Crippen molar-refractivity contribution in [3.05, 3.63) is 59.7 Å². The number of aromatic nitrogens is 1. The lowest BCUT2D eigenvalue weighted by molar-refractivity contribution is -0.135. The van der Waals surface area contributed by atoms with E-state index in [0.29, 0.717) is 31.5 Å². The van der Waals surface area contributed by atoms with Crippen molar-refractivity contribution < 1.29 is 9.18 Å². The predicted molar refractivity (Wildman–Crippen MR) is 111 cm³/mol. The highest BCUT2D eigenvalue weighted by atomic mass is 19.1. The Morgan fingerprint density at radius 3 is 2.57 bits per heavy atom. The summed E-state index contributed by atoms with van der Waals surface area (Å²) in [6, 6.07) is 11.2. The molecule has 1 aromatic heterocycles. The van der Waals surface area contributed by atoms with Gasteiger partial charge < -0.3 is 9.47 Å². The van der Waals surface area contributed by atoms with Gasteiger partial charge in [-0.1, -0.05) is 51.2 Å². The third-order valence-electron chi connectivity index (χ3n) is 5.85. The lowest BCUT2D eigenvalue weighted by Crippen LogP contribution is -2.41. The minimum Gasteiger partial charge on any atom is -0.345 e. The van der Waals surface area contributed by atoms with E-state index in [1.54, 1.807) is 0 Å². The standard InChI is InChI=1S/C24H33FN2O/c1-2-3-5-12-24(28)27(22-9-6-4-7-10-22)19-23-11-8-17-26(23)18-20-13-15-21(25)16-14-20/h8,11,13-17,22H,2-7,9-10,12,18-19H2,1H3. The Labute approximate surface area is 168 Å². The molecule has 1 heterocycles. The molecule has 1 fully saturated rings. The number of hydrogen-bond acceptors (Lipinski definition) is 1. The Morgan fingerprint density at radius 2 is 1.86 bits per heavy atom. The van der Waals surface area contributed by atoms with Gasteiger partial charge in [-0.15, -0.1) is 0 Å². The smallest absolute Gasteiger partial charge is 0.223 e. The summed E-state index contributed by atoms with van der Waals surface area (Å²) < 4.78 is 15.4. The number of halogens is 1. The van der Waals surface area contributed by atoms with Crippen molar-refractivity contribution in [1.82, 2.24) is 9.47 Å². The summed E-state index contributed by atoms with van der Waals surface area (Å²) in [5.41, 5.74) is 2.22. The SMILES string of the molecule is CCCCCC(=O)N(Cc1cccn1Cc1ccc(F)cc1)C1CCCCC1. The Morgan fingerprint density at radius 1 is 1.11 bits per heavy atom. The molecular weight excluding hydrogens is 351 g/mol. The van der Waals surface area contributed by atoms with Gasteiger partial charge in [-0.3, -0.25) is 4.79 Å². The van der Waals surface area contributed by atoms with Crippen molar-refractivity contribution >= 4 is 5.91 Å². The third kappa shape index (κ3) is 5.70. The monoisotopic (exact) mass is 384 g/mol. The van der Waals surface area contributed by atoms with Crippen LogP contribution in [0.2, 0.25) is 0 Å². The molecule has 1 aliphatic rings. The first kappa shape index (κ1) is 20.6. The molecule has 1 aliphatic carbocycles. The van der Waals surface area contributed by atoms with E-state index in [1.807, 2.05) is 18.2 Å². The predicted octanol–water partition coefficient (Wildman–Crippen LogP) is 5.92. The van der Waals surface area contributed by atoms with Crippen LogP contribution in [0.3, 0.4) is 0 Å². The molecule has 4 heteroatoms. The van der Waals surface area contributed by atoms with Gasteiger partial charge >= 0.3 is 0 Å². The second-order valence-corrected chi connectivity index (χ2v) is 8.02. The molecule has 0 atom stereocenters. The molecule has 0 N–H and O–H groups in total. The number of unbranched alkanes of at least 4 members (excludes halogenated alkanes) is 2. The van der Waals surface area contributed by atoms with Gasteiger partial charge in [-0.05, 0) is 49.1 Å². The van der Waals surface area contributed by atoms with Gasteiger partial charge in [-0.2, -0.15) is 0 Å². The van der Waals surface area contributed by atoms with Crippen LogP contribution < -0.4 is 0 Å². The zero-order chi connectivity index (χ0) is 19.8. The van der Waals surface area contributed by atoms with Crippen LogP contribution in [0, 0.1) is 5.82 Å². The fraction of sp³-hybridized carbons (Fsp3) is 0.542. The average Bonchev–Trinajstić information content (AvgIpc) is 3.15. The first-order valence-corrected chi connectivity index (χ1v) is 10.9. The zero-order valence-corrected chi connectivity index (χ0v) is 17.1. The summed E-state index contributed by atoms with van der Waals surface area (Å²) in [6.07, 6.45) is 11.9. The van der Waals surface area contributed by atoms with Crippen LogP contribution in [0.4, 0.5) is 4.39 Å². The molecule has 1 amide bonds. The number of carbonyl (C=O) groups is 1. The van der Waals surface area contributed by atoms with E-state index in [1.165, 1.54) is 31.4 Å². The van der Waals surface area contributed by atoms with Crippen molar-refractivity contribution in [3.63, 3.8) is 0 Å². The maximum Gasteiger partial charge on any atom is 0.223 e. The zero-order valence-electron chi connectivity index (χ0n) is 17.1. The van der Waals surface area contributed by atoms with Crippen molar-refractivity contribution in [2.45, 2.75) is 83.8 Å². The van der Waals surface area contributed by atoms with Crippen molar-refractivity contribution in [1.29, 1.82) is 0 Å². The van der Waals surface area contributed by atoms with Gasteiger partial charge in [0, 0.05) is 30.9 Å². The summed E-state index contributed by atoms with van der Waals surface area (Å²) in [6.45, 7) is 3.54. The molecule has 3 nitrogen and oxygen atoms in total. The summed E-state index contributed by atoms with van der Waals surface area (Å²) in [5.74, 6) is 0.0903. The Bertz CT molecular complexity index is 731. The first-order valence-electron chi connectivity index (χ1n) is 10.9. The van der Waals surface area contributed by atoms with E-state index in [9.17, 15) is 9.18 Å². The highest BCUT2D eigenvalue weighted by Gasteiger charge is 2.26. The van der Waals surface area contributed by atoms with Crippen molar-refractivity contribution in [2.75, 3.05) is 0 Å². The van der Waals surface area contributed by atoms with Crippen molar-refractivity contribution in [2.24, 2.45) is 0 Å². The molecule has 1 aromatic carbocycles. The normalized spacial score (nSPS) is 14.9. The summed E-state index contributed by atoms with van der Waals surface area (Å²) in [4.78, 5) is 15.2. The van der Waals surface area contributed by atoms with Crippen LogP contribution in [0.1, 0.15) is 76.0 Å². The van der Waals surface area contributed by atoms with E-state index in [-0.39, 0.29) is 5.82 Å². The van der Waals surface area contributed by atoms with Crippen LogP contribution >= 0.6 is 0 Å². The van der Waals surface area contributed by atoms with Crippen LogP contribution in [0.25, 0.3) is 0 Å². The molecule has 0 bridgehead atoms. The second kappa shape index (κ2) is 10.4. The molecule has 0 saturated heterocycles. The number of hydrogen-bond donors (Lipinski definition) is 0. The molecule has 0 aliphatic heterocycles. The topological polar surface area (TPSA) is 25.2 Å². The van der Waals surface area contributed by atoms with E-state index in [2.05, 4.69) is 28.7 Å². The van der Waals surface area contributed by atoms with Crippen LogP contribution in [-0.4, -0.2) is 21.4 Å². The lowest BCUT2D eigenvalue weighted by Gasteiger charge is -2.35. The number of benzene rings is 1. The highest BCUT2D eigenvalue weighted by molar-refractivity contribution is 5.76. The largest absolute Gasteiger partial charge is 0.345 e. The summed E-state index contributed by atoms with van der Waals surface area (Å²) in [7, 11) is 0. The van der Waals surface area contributed by atoms with Gasteiger partial charge in [0.25, 0.3) is 0 Å². The van der Waals surface area contributed by atoms with Gasteiger partial charge in [0.2, 0.25) is 5.91 Å². The first-order chi connectivity index (χ1) is 13.7. The maximum absolute atomic E-state index is 13.2. The number of amides is 1. The second-order valence-electron chi connectivity index (χ2n) is 8.02. The summed E-state index contributed by atoms with van der Waals surface area (Å²) >= 11 is 0. The molecule has 28 heavy (non-hydrogen) atoms. The van der Waals surface area contributed by atoms with Crippen LogP contribution in [0.15, 0.2) is 42.6 Å². The summed E-state index contributed by atoms with van der Waals surface area (Å²) in [5, 5.41) is 0. The number of nitrogens with zero attached hydrogens (tertiary/aromatic N) is 2. The molecule has 152 valence electrons. The molecular formula is C24H33FN2O. The Kier molecular flexibility index (Phi) is 7.70. The quantitative estimate of drug-likeness (QED) is 0.493. The van der Waals surface area contributed by atoms with Gasteiger partial charge in [0.1, 0.15) is 5.82 Å². The minimum atomic E-state index is -0.211. The Hall–Kier alpha value is -2.10. The highest BCUT2D eigenvalue weighted by Crippen LogP contribution is 2.25. The van der Waals surface area contributed by atoms with Gasteiger partial charge in [-0.25, -0.2) is 4.39 Å². The van der Waals surface area contributed by atoms with E-state index >= 15 is 0 Å². The Balaban J connectivity index is 1.72. The van der Waals surface area contributed by atoms with Crippen LogP contribution in [-0.2, 0) is 17.9 Å². The van der Waals surface area contributed by atoms with E-state index in [0.717, 1.165) is 43.4 Å². The average molecular weight is 385 g/mol. The molecule has 1 saturated carbocycles. The van der Waals surface area contributed by atoms with E-state index in [4.69, 9.17) is 0 Å². The number of rotatable bonds is 9. The molecule has 0 radical (unpaired) electrons. The minimum absolute atomic E-state index is 0.211. The van der Waals surface area contributed by atoms with E-state index < -0.39 is 0 Å². The maximum atomic E-state index is 13.2. The molecule has 3 rings (SSSR count). The third-order valence-corrected chi connectivity index (χ3v) is 5.85. The fourth-order valence-electron chi connectivity index (χ4n) is 4.19. The van der Waals surface area contributed by atoms with Crippen LogP contribution in [0.5, 0.6) is 0 Å². The van der Waals surface area contributed by atoms with Crippen molar-refractivity contribution in [3.8, 4) is 0 Å². The fourth-order valence-corrected chi connectivity index (χ4v) is 4.19. The molecule has 0 spiro atoms. The van der Waals surface area contributed by atoms with Gasteiger partial charge in [0.05, 0.1) is 6.54 Å². The van der Waals surface area contributed by atoms with Gasteiger partial charge in [0.15, 0.2) is 0 Å². The number of carbonyl (C=O) groups excluding carboxylic acids is 1. The lowest BCUT2D eigenvalue weighted by atomic mass is 9.93. The molecule has 0 unspecified atom stereocenters.